The highest BCUT2D eigenvalue weighted by Crippen LogP contribution is 2.25. The molecule has 1 amide bonds. The Balaban J connectivity index is 1.78. The van der Waals surface area contributed by atoms with Crippen molar-refractivity contribution in [3.05, 3.63) is 24.3 Å². The number of amides is 1. The Morgan fingerprint density at radius 2 is 2.19 bits per heavy atom. The van der Waals surface area contributed by atoms with E-state index in [-0.39, 0.29) is 23.2 Å². The average Bonchev–Trinajstić information content (AvgIpc) is 2.90. The number of methoxy groups -OCH3 is 1. The summed E-state index contributed by atoms with van der Waals surface area (Å²) in [5.74, 6) is 0.904. The zero-order chi connectivity index (χ0) is 15.2. The van der Waals surface area contributed by atoms with Crippen LogP contribution in [-0.2, 0) is 4.79 Å². The van der Waals surface area contributed by atoms with E-state index >= 15 is 0 Å². The van der Waals surface area contributed by atoms with Crippen LogP contribution in [-0.4, -0.2) is 49.1 Å². The van der Waals surface area contributed by atoms with Gasteiger partial charge in [-0.05, 0) is 31.2 Å². The number of carbonyl (C=O) groups excluding carboxylic acids is 1. The number of β-amino-alcohol motifs (C(OH)–C–C–N with tert-alkyl or cyclic N) is 1. The summed E-state index contributed by atoms with van der Waals surface area (Å²) in [6, 6.07) is 7.65. The van der Waals surface area contributed by atoms with Crippen LogP contribution >= 0.6 is 11.8 Å². The zero-order valence-corrected chi connectivity index (χ0v) is 13.2. The Kier molecular flexibility index (Phi) is 5.90. The lowest BCUT2D eigenvalue weighted by atomic mass is 10.1. The molecule has 0 aliphatic carbocycles. The number of carbonyl (C=O) groups is 1. The Morgan fingerprint density at radius 1 is 1.48 bits per heavy atom. The standard InChI is InChI=1S/C15H22N2O3S/c1-10(21-13-5-3-12(20-2)4-6-13)15(19)17-8-11-7-16-9-14(11)18/h3-6,10-11,14,16,18H,7-9H2,1-2H3,(H,17,19). The molecule has 1 aromatic carbocycles. The molecule has 0 bridgehead atoms. The van der Waals surface area contributed by atoms with Crippen molar-refractivity contribution in [2.75, 3.05) is 26.7 Å². The summed E-state index contributed by atoms with van der Waals surface area (Å²) < 4.78 is 5.11. The number of aliphatic hydroxyl groups is 1. The monoisotopic (exact) mass is 310 g/mol. The summed E-state index contributed by atoms with van der Waals surface area (Å²) in [4.78, 5) is 13.1. The summed E-state index contributed by atoms with van der Waals surface area (Å²) in [6.07, 6.45) is -0.366. The fraction of sp³-hybridized carbons (Fsp3) is 0.533. The van der Waals surface area contributed by atoms with Gasteiger partial charge in [-0.2, -0.15) is 0 Å². The van der Waals surface area contributed by atoms with E-state index in [2.05, 4.69) is 10.6 Å². The number of nitrogens with one attached hydrogen (secondary N) is 2. The van der Waals surface area contributed by atoms with Crippen molar-refractivity contribution in [3.8, 4) is 5.75 Å². The molecule has 2 rings (SSSR count). The fourth-order valence-electron chi connectivity index (χ4n) is 2.21. The van der Waals surface area contributed by atoms with Crippen molar-refractivity contribution in [3.63, 3.8) is 0 Å². The molecule has 0 spiro atoms. The molecule has 1 heterocycles. The summed E-state index contributed by atoms with van der Waals surface area (Å²) in [7, 11) is 1.63. The van der Waals surface area contributed by atoms with Crippen molar-refractivity contribution in [1.82, 2.24) is 10.6 Å². The van der Waals surface area contributed by atoms with Gasteiger partial charge in [0.15, 0.2) is 0 Å². The molecule has 1 aliphatic heterocycles. The van der Waals surface area contributed by atoms with Gasteiger partial charge in [-0.15, -0.1) is 11.8 Å². The van der Waals surface area contributed by atoms with Crippen LogP contribution in [0, 0.1) is 5.92 Å². The zero-order valence-electron chi connectivity index (χ0n) is 12.3. The number of ether oxygens (including phenoxy) is 1. The number of aliphatic hydroxyl groups excluding tert-OH is 1. The smallest absolute Gasteiger partial charge is 0.233 e. The first kappa shape index (κ1) is 16.1. The molecule has 1 aliphatic rings. The van der Waals surface area contributed by atoms with Crippen LogP contribution in [0.2, 0.25) is 0 Å². The minimum absolute atomic E-state index is 0.00471. The second kappa shape index (κ2) is 7.68. The topological polar surface area (TPSA) is 70.6 Å². The minimum Gasteiger partial charge on any atom is -0.497 e. The first-order valence-corrected chi connectivity index (χ1v) is 7.95. The van der Waals surface area contributed by atoms with Crippen LogP contribution in [0.4, 0.5) is 0 Å². The van der Waals surface area contributed by atoms with E-state index < -0.39 is 0 Å². The van der Waals surface area contributed by atoms with Crippen LogP contribution in [0.25, 0.3) is 0 Å². The highest BCUT2D eigenvalue weighted by atomic mass is 32.2. The second-order valence-electron chi connectivity index (χ2n) is 5.17. The van der Waals surface area contributed by atoms with Crippen molar-refractivity contribution in [2.45, 2.75) is 23.2 Å². The van der Waals surface area contributed by atoms with Gasteiger partial charge in [0.25, 0.3) is 0 Å². The Labute approximate surface area is 129 Å². The van der Waals surface area contributed by atoms with E-state index in [1.165, 1.54) is 11.8 Å². The molecule has 0 saturated carbocycles. The first-order valence-electron chi connectivity index (χ1n) is 7.07. The molecule has 3 atom stereocenters. The summed E-state index contributed by atoms with van der Waals surface area (Å²) >= 11 is 1.51. The van der Waals surface area contributed by atoms with Gasteiger partial charge in [-0.1, -0.05) is 0 Å². The van der Waals surface area contributed by atoms with E-state index in [0.717, 1.165) is 17.2 Å². The van der Waals surface area contributed by atoms with Crippen LogP contribution in [0.5, 0.6) is 5.75 Å². The molecule has 116 valence electrons. The average molecular weight is 310 g/mol. The van der Waals surface area contributed by atoms with Crippen molar-refractivity contribution >= 4 is 17.7 Å². The molecule has 1 saturated heterocycles. The lowest BCUT2D eigenvalue weighted by molar-refractivity contribution is -0.120. The summed E-state index contributed by atoms with van der Waals surface area (Å²) in [5.41, 5.74) is 0. The minimum atomic E-state index is -0.366. The number of hydrogen-bond acceptors (Lipinski definition) is 5. The molecule has 3 N–H and O–H groups in total. The Bertz CT molecular complexity index is 466. The maximum atomic E-state index is 12.1. The molecule has 5 nitrogen and oxygen atoms in total. The quantitative estimate of drug-likeness (QED) is 0.680. The van der Waals surface area contributed by atoms with Crippen LogP contribution in [0.3, 0.4) is 0 Å². The third kappa shape index (κ3) is 4.62. The molecule has 6 heteroatoms. The maximum absolute atomic E-state index is 12.1. The molecule has 1 fully saturated rings. The summed E-state index contributed by atoms with van der Waals surface area (Å²) in [5, 5.41) is 15.5. The van der Waals surface area contributed by atoms with Gasteiger partial charge in [0.05, 0.1) is 18.5 Å². The highest BCUT2D eigenvalue weighted by Gasteiger charge is 2.25. The molecule has 0 aromatic heterocycles. The molecule has 0 radical (unpaired) electrons. The van der Waals surface area contributed by atoms with Gasteiger partial charge in [0.1, 0.15) is 5.75 Å². The third-order valence-corrected chi connectivity index (χ3v) is 4.70. The fourth-order valence-corrected chi connectivity index (χ4v) is 3.11. The normalized spacial score (nSPS) is 22.8. The number of thioether (sulfide) groups is 1. The van der Waals surface area contributed by atoms with E-state index in [1.54, 1.807) is 7.11 Å². The molecular weight excluding hydrogens is 288 g/mol. The van der Waals surface area contributed by atoms with E-state index in [9.17, 15) is 9.90 Å². The highest BCUT2D eigenvalue weighted by molar-refractivity contribution is 8.00. The summed E-state index contributed by atoms with van der Waals surface area (Å²) in [6.45, 7) is 3.76. The van der Waals surface area contributed by atoms with E-state index in [4.69, 9.17) is 4.74 Å². The van der Waals surface area contributed by atoms with Gasteiger partial charge in [-0.3, -0.25) is 4.79 Å². The van der Waals surface area contributed by atoms with Gasteiger partial charge >= 0.3 is 0 Å². The van der Waals surface area contributed by atoms with Gasteiger partial charge < -0.3 is 20.5 Å². The number of hydrogen-bond donors (Lipinski definition) is 3. The first-order chi connectivity index (χ1) is 10.1. The lowest BCUT2D eigenvalue weighted by Gasteiger charge is -2.16. The number of benzene rings is 1. The van der Waals surface area contributed by atoms with Crippen molar-refractivity contribution < 1.29 is 14.6 Å². The maximum Gasteiger partial charge on any atom is 0.233 e. The predicted octanol–water partition coefficient (Wildman–Crippen LogP) is 0.872. The van der Waals surface area contributed by atoms with Crippen LogP contribution in [0.1, 0.15) is 6.92 Å². The molecule has 21 heavy (non-hydrogen) atoms. The number of rotatable bonds is 6. The Morgan fingerprint density at radius 3 is 2.76 bits per heavy atom. The molecule has 1 aromatic rings. The molecule has 3 unspecified atom stereocenters. The Hall–Kier alpha value is -1.24. The van der Waals surface area contributed by atoms with Gasteiger partial charge in [0, 0.05) is 30.4 Å². The van der Waals surface area contributed by atoms with Crippen molar-refractivity contribution in [1.29, 1.82) is 0 Å². The van der Waals surface area contributed by atoms with Gasteiger partial charge in [-0.25, -0.2) is 0 Å². The molecular formula is C15H22N2O3S. The van der Waals surface area contributed by atoms with Crippen LogP contribution < -0.4 is 15.4 Å². The van der Waals surface area contributed by atoms with Crippen LogP contribution in [0.15, 0.2) is 29.2 Å². The van der Waals surface area contributed by atoms with Crippen molar-refractivity contribution in [2.24, 2.45) is 5.92 Å². The predicted molar refractivity (Wildman–Crippen MR) is 83.7 cm³/mol. The SMILES string of the molecule is COc1ccc(SC(C)C(=O)NCC2CNCC2O)cc1. The lowest BCUT2D eigenvalue weighted by Crippen LogP contribution is -2.38. The largest absolute Gasteiger partial charge is 0.497 e. The third-order valence-electron chi connectivity index (χ3n) is 3.58. The van der Waals surface area contributed by atoms with E-state index in [0.29, 0.717) is 13.1 Å². The van der Waals surface area contributed by atoms with Gasteiger partial charge in [0.2, 0.25) is 5.91 Å². The second-order valence-corrected chi connectivity index (χ2v) is 6.58. The van der Waals surface area contributed by atoms with E-state index in [1.807, 2.05) is 31.2 Å².